The van der Waals surface area contributed by atoms with E-state index in [1.807, 2.05) is 12.1 Å². The number of carboxylic acids is 1. The highest BCUT2D eigenvalue weighted by Gasteiger charge is 2.45. The predicted octanol–water partition coefficient (Wildman–Crippen LogP) is 3.43. The number of hydrogen-bond acceptors (Lipinski definition) is 2. The van der Waals surface area contributed by atoms with E-state index in [4.69, 9.17) is 16.3 Å². The Morgan fingerprint density at radius 3 is 2.85 bits per heavy atom. The number of rotatable bonds is 2. The molecule has 2 aliphatic rings. The third-order valence-electron chi connectivity index (χ3n) is 4.95. The molecule has 1 fully saturated rings. The van der Waals surface area contributed by atoms with Crippen LogP contribution in [0.2, 0.25) is 5.02 Å². The number of ether oxygens (including phenoxy) is 1. The SMILES string of the molecule is O=C(O)CC1CCc2cc(Cl)ccc2C12CCOCC2. The molecule has 1 atom stereocenters. The van der Waals surface area contributed by atoms with Crippen LogP contribution in [0.4, 0.5) is 0 Å². The molecule has 4 heteroatoms. The van der Waals surface area contributed by atoms with Gasteiger partial charge in [0.05, 0.1) is 0 Å². The van der Waals surface area contributed by atoms with Gasteiger partial charge in [-0.05, 0) is 54.9 Å². The molecule has 0 saturated carbocycles. The third-order valence-corrected chi connectivity index (χ3v) is 5.19. The number of hydrogen-bond donors (Lipinski definition) is 1. The lowest BCUT2D eigenvalue weighted by Crippen LogP contribution is -2.44. The number of fused-ring (bicyclic) bond motifs is 2. The topological polar surface area (TPSA) is 46.5 Å². The lowest BCUT2D eigenvalue weighted by atomic mass is 9.58. The molecule has 1 spiro atoms. The van der Waals surface area contributed by atoms with E-state index in [1.54, 1.807) is 0 Å². The Labute approximate surface area is 123 Å². The highest BCUT2D eigenvalue weighted by Crippen LogP contribution is 2.49. The lowest BCUT2D eigenvalue weighted by Gasteiger charge is -2.47. The van der Waals surface area contributed by atoms with E-state index in [2.05, 4.69) is 6.07 Å². The summed E-state index contributed by atoms with van der Waals surface area (Å²) in [6, 6.07) is 6.09. The normalized spacial score (nSPS) is 24.4. The molecule has 1 saturated heterocycles. The maximum atomic E-state index is 11.2. The van der Waals surface area contributed by atoms with E-state index >= 15 is 0 Å². The Morgan fingerprint density at radius 2 is 2.15 bits per heavy atom. The molecule has 0 aromatic heterocycles. The van der Waals surface area contributed by atoms with Crippen LogP contribution in [0.3, 0.4) is 0 Å². The zero-order valence-electron chi connectivity index (χ0n) is 11.4. The monoisotopic (exact) mass is 294 g/mol. The van der Waals surface area contributed by atoms with Gasteiger partial charge in [-0.3, -0.25) is 4.79 Å². The fraction of sp³-hybridized carbons (Fsp3) is 0.562. The Hall–Kier alpha value is -1.06. The first kappa shape index (κ1) is 13.9. The van der Waals surface area contributed by atoms with Crippen LogP contribution >= 0.6 is 11.6 Å². The smallest absolute Gasteiger partial charge is 0.303 e. The summed E-state index contributed by atoms with van der Waals surface area (Å²) >= 11 is 6.11. The minimum Gasteiger partial charge on any atom is -0.481 e. The number of halogens is 1. The van der Waals surface area contributed by atoms with Crippen molar-refractivity contribution in [3.63, 3.8) is 0 Å². The van der Waals surface area contributed by atoms with Crippen LogP contribution in [0.15, 0.2) is 18.2 Å². The number of aliphatic carboxylic acids is 1. The fourth-order valence-electron chi connectivity index (χ4n) is 4.00. The van der Waals surface area contributed by atoms with Gasteiger partial charge in [0.1, 0.15) is 0 Å². The standard InChI is InChI=1S/C16H19ClO3/c17-13-3-4-14-11(9-13)1-2-12(10-15(18)19)16(14)5-7-20-8-6-16/h3-4,9,12H,1-2,5-8,10H2,(H,18,19). The van der Waals surface area contributed by atoms with Crippen molar-refractivity contribution in [1.29, 1.82) is 0 Å². The molecular formula is C16H19ClO3. The van der Waals surface area contributed by atoms with E-state index in [1.165, 1.54) is 11.1 Å². The lowest BCUT2D eigenvalue weighted by molar-refractivity contribution is -0.139. The molecular weight excluding hydrogens is 276 g/mol. The molecule has 108 valence electrons. The van der Waals surface area contributed by atoms with Crippen molar-refractivity contribution in [2.75, 3.05) is 13.2 Å². The van der Waals surface area contributed by atoms with Gasteiger partial charge < -0.3 is 9.84 Å². The van der Waals surface area contributed by atoms with E-state index in [0.29, 0.717) is 0 Å². The molecule has 1 aliphatic carbocycles. The van der Waals surface area contributed by atoms with Crippen molar-refractivity contribution in [3.05, 3.63) is 34.3 Å². The Morgan fingerprint density at radius 1 is 1.40 bits per heavy atom. The Bertz CT molecular complexity index is 520. The van der Waals surface area contributed by atoms with E-state index in [9.17, 15) is 9.90 Å². The van der Waals surface area contributed by atoms with Crippen molar-refractivity contribution in [2.24, 2.45) is 5.92 Å². The van der Waals surface area contributed by atoms with Crippen LogP contribution in [0.1, 0.15) is 36.8 Å². The Balaban J connectivity index is 2.04. The summed E-state index contributed by atoms with van der Waals surface area (Å²) in [6.07, 6.45) is 3.94. The van der Waals surface area contributed by atoms with Crippen molar-refractivity contribution in [2.45, 2.75) is 37.5 Å². The average molecular weight is 295 g/mol. The minimum atomic E-state index is -0.696. The van der Waals surface area contributed by atoms with Gasteiger partial charge in [0.2, 0.25) is 0 Å². The van der Waals surface area contributed by atoms with Gasteiger partial charge in [-0.2, -0.15) is 0 Å². The van der Waals surface area contributed by atoms with Crippen LogP contribution in [-0.4, -0.2) is 24.3 Å². The van der Waals surface area contributed by atoms with Gasteiger partial charge in [-0.1, -0.05) is 17.7 Å². The first-order chi connectivity index (χ1) is 9.62. The number of benzene rings is 1. The maximum absolute atomic E-state index is 11.2. The molecule has 0 radical (unpaired) electrons. The molecule has 0 bridgehead atoms. The second-order valence-corrected chi connectivity index (χ2v) is 6.34. The summed E-state index contributed by atoms with van der Waals surface area (Å²) in [5.41, 5.74) is 2.57. The summed E-state index contributed by atoms with van der Waals surface area (Å²) in [5.74, 6) is -0.490. The molecule has 1 heterocycles. The molecule has 1 unspecified atom stereocenters. The molecule has 0 amide bonds. The molecule has 20 heavy (non-hydrogen) atoms. The maximum Gasteiger partial charge on any atom is 0.303 e. The van der Waals surface area contributed by atoms with Crippen molar-refractivity contribution in [3.8, 4) is 0 Å². The molecule has 3 rings (SSSR count). The fourth-order valence-corrected chi connectivity index (χ4v) is 4.20. The van der Waals surface area contributed by atoms with Crippen molar-refractivity contribution in [1.82, 2.24) is 0 Å². The highest BCUT2D eigenvalue weighted by atomic mass is 35.5. The summed E-state index contributed by atoms with van der Waals surface area (Å²) in [5, 5.41) is 9.99. The van der Waals surface area contributed by atoms with Crippen molar-refractivity contribution < 1.29 is 14.6 Å². The number of carboxylic acid groups (broad SMARTS) is 1. The average Bonchev–Trinajstić information content (AvgIpc) is 2.43. The van der Waals surface area contributed by atoms with Gasteiger partial charge in [0.15, 0.2) is 0 Å². The molecule has 1 aromatic carbocycles. The molecule has 1 N–H and O–H groups in total. The first-order valence-corrected chi connectivity index (χ1v) is 7.58. The zero-order valence-corrected chi connectivity index (χ0v) is 12.2. The van der Waals surface area contributed by atoms with E-state index in [-0.39, 0.29) is 17.8 Å². The third kappa shape index (κ3) is 2.33. The summed E-state index contributed by atoms with van der Waals surface area (Å²) in [7, 11) is 0. The summed E-state index contributed by atoms with van der Waals surface area (Å²) < 4.78 is 5.52. The molecule has 3 nitrogen and oxygen atoms in total. The van der Waals surface area contributed by atoms with Gasteiger partial charge in [-0.15, -0.1) is 0 Å². The first-order valence-electron chi connectivity index (χ1n) is 7.20. The van der Waals surface area contributed by atoms with Gasteiger partial charge in [-0.25, -0.2) is 0 Å². The summed E-state index contributed by atoms with van der Waals surface area (Å²) in [6.45, 7) is 1.44. The molecule has 1 aliphatic heterocycles. The van der Waals surface area contributed by atoms with Crippen LogP contribution in [0.5, 0.6) is 0 Å². The zero-order chi connectivity index (χ0) is 14.2. The quantitative estimate of drug-likeness (QED) is 0.909. The van der Waals surface area contributed by atoms with Gasteiger partial charge >= 0.3 is 5.97 Å². The van der Waals surface area contributed by atoms with E-state index in [0.717, 1.165) is 43.9 Å². The van der Waals surface area contributed by atoms with Crippen LogP contribution in [0, 0.1) is 5.92 Å². The second-order valence-electron chi connectivity index (χ2n) is 5.90. The van der Waals surface area contributed by atoms with Crippen LogP contribution < -0.4 is 0 Å². The number of aryl methyl sites for hydroxylation is 1. The predicted molar refractivity (Wildman–Crippen MR) is 77.2 cm³/mol. The molecule has 1 aromatic rings. The van der Waals surface area contributed by atoms with Crippen LogP contribution in [0.25, 0.3) is 0 Å². The second kappa shape index (κ2) is 5.38. The number of carbonyl (C=O) groups is 1. The van der Waals surface area contributed by atoms with Gasteiger partial charge in [0, 0.05) is 30.1 Å². The minimum absolute atomic E-state index is 0.0329. The highest BCUT2D eigenvalue weighted by molar-refractivity contribution is 6.30. The summed E-state index contributed by atoms with van der Waals surface area (Å²) in [4.78, 5) is 11.2. The largest absolute Gasteiger partial charge is 0.481 e. The van der Waals surface area contributed by atoms with Crippen LogP contribution in [-0.2, 0) is 21.4 Å². The Kier molecular flexibility index (Phi) is 3.74. The van der Waals surface area contributed by atoms with Gasteiger partial charge in [0.25, 0.3) is 0 Å². The van der Waals surface area contributed by atoms with Crippen molar-refractivity contribution >= 4 is 17.6 Å². The van der Waals surface area contributed by atoms with E-state index < -0.39 is 5.97 Å².